The zero-order valence-corrected chi connectivity index (χ0v) is 12.2. The monoisotopic (exact) mass is 277 g/mol. The van der Waals surface area contributed by atoms with Gasteiger partial charge in [-0.05, 0) is 42.1 Å². The Kier molecular flexibility index (Phi) is 4.06. The summed E-state index contributed by atoms with van der Waals surface area (Å²) in [5.74, 6) is 0.917. The van der Waals surface area contributed by atoms with Crippen molar-refractivity contribution >= 4 is 22.1 Å². The molecular weight excluding hydrogens is 258 g/mol. The van der Waals surface area contributed by atoms with Crippen LogP contribution in [0.1, 0.15) is 13.3 Å². The van der Waals surface area contributed by atoms with Crippen LogP contribution in [-0.4, -0.2) is 6.61 Å². The second-order valence-electron chi connectivity index (χ2n) is 5.02. The molecule has 0 saturated heterocycles. The first-order chi connectivity index (χ1) is 10.4. The highest BCUT2D eigenvalue weighted by molar-refractivity contribution is 5.95. The number of benzene rings is 3. The summed E-state index contributed by atoms with van der Waals surface area (Å²) in [5.41, 5.74) is 2.19. The molecule has 0 aliphatic rings. The highest BCUT2D eigenvalue weighted by atomic mass is 16.5. The largest absolute Gasteiger partial charge is 0.494 e. The molecule has 21 heavy (non-hydrogen) atoms. The first kappa shape index (κ1) is 13.5. The minimum Gasteiger partial charge on any atom is -0.494 e. The minimum absolute atomic E-state index is 0.760. The van der Waals surface area contributed by atoms with Crippen LogP contribution in [0.15, 0.2) is 66.7 Å². The summed E-state index contributed by atoms with van der Waals surface area (Å²) in [7, 11) is 0. The molecule has 0 spiro atoms. The fourth-order valence-corrected chi connectivity index (χ4v) is 2.34. The Balaban J connectivity index is 1.82. The van der Waals surface area contributed by atoms with Gasteiger partial charge in [-0.1, -0.05) is 43.3 Å². The van der Waals surface area contributed by atoms with Gasteiger partial charge in [0, 0.05) is 16.8 Å². The SMILES string of the molecule is CCCOc1ccc(Nc2cccc3ccccc23)cc1. The smallest absolute Gasteiger partial charge is 0.119 e. The van der Waals surface area contributed by atoms with Crippen LogP contribution >= 0.6 is 0 Å². The maximum Gasteiger partial charge on any atom is 0.119 e. The van der Waals surface area contributed by atoms with Crippen molar-refractivity contribution in [1.82, 2.24) is 0 Å². The molecule has 0 aromatic heterocycles. The predicted molar refractivity (Wildman–Crippen MR) is 89.5 cm³/mol. The molecule has 106 valence electrons. The van der Waals surface area contributed by atoms with Crippen LogP contribution < -0.4 is 10.1 Å². The van der Waals surface area contributed by atoms with E-state index in [2.05, 4.69) is 54.7 Å². The molecule has 0 saturated carbocycles. The standard InChI is InChI=1S/C19H19NO/c1-2-14-21-17-12-10-16(11-13-17)20-19-9-5-7-15-6-3-4-8-18(15)19/h3-13,20H,2,14H2,1H3. The molecule has 2 nitrogen and oxygen atoms in total. The van der Waals surface area contributed by atoms with Crippen LogP contribution in [0.25, 0.3) is 10.8 Å². The van der Waals surface area contributed by atoms with Crippen molar-refractivity contribution in [2.75, 3.05) is 11.9 Å². The summed E-state index contributed by atoms with van der Waals surface area (Å²) in [6.45, 7) is 2.87. The molecule has 0 amide bonds. The topological polar surface area (TPSA) is 21.3 Å². The lowest BCUT2D eigenvalue weighted by Crippen LogP contribution is -1.95. The number of nitrogens with one attached hydrogen (secondary N) is 1. The lowest BCUT2D eigenvalue weighted by molar-refractivity contribution is 0.317. The first-order valence-corrected chi connectivity index (χ1v) is 7.34. The lowest BCUT2D eigenvalue weighted by Gasteiger charge is -2.11. The fourth-order valence-electron chi connectivity index (χ4n) is 2.34. The number of hydrogen-bond donors (Lipinski definition) is 1. The quantitative estimate of drug-likeness (QED) is 0.676. The molecule has 0 atom stereocenters. The zero-order chi connectivity index (χ0) is 14.5. The number of hydrogen-bond acceptors (Lipinski definition) is 2. The Bertz CT molecular complexity index is 714. The summed E-state index contributed by atoms with van der Waals surface area (Å²) in [4.78, 5) is 0. The summed E-state index contributed by atoms with van der Waals surface area (Å²) in [5, 5.41) is 5.94. The maximum absolute atomic E-state index is 5.60. The minimum atomic E-state index is 0.760. The van der Waals surface area contributed by atoms with Crippen LogP contribution in [0, 0.1) is 0 Å². The Hall–Kier alpha value is -2.48. The van der Waals surface area contributed by atoms with E-state index in [0.717, 1.165) is 30.2 Å². The van der Waals surface area contributed by atoms with Gasteiger partial charge in [0.15, 0.2) is 0 Å². The third-order valence-corrected chi connectivity index (χ3v) is 3.40. The molecule has 0 heterocycles. The van der Waals surface area contributed by atoms with E-state index in [1.165, 1.54) is 10.8 Å². The molecule has 3 aromatic carbocycles. The maximum atomic E-state index is 5.60. The number of fused-ring (bicyclic) bond motifs is 1. The Morgan fingerprint density at radius 3 is 2.43 bits per heavy atom. The van der Waals surface area contributed by atoms with E-state index in [1.807, 2.05) is 24.3 Å². The van der Waals surface area contributed by atoms with Crippen LogP contribution in [0.3, 0.4) is 0 Å². The molecule has 0 aliphatic heterocycles. The number of rotatable bonds is 5. The average Bonchev–Trinajstić information content (AvgIpc) is 2.55. The third-order valence-electron chi connectivity index (χ3n) is 3.40. The van der Waals surface area contributed by atoms with E-state index in [9.17, 15) is 0 Å². The highest BCUT2D eigenvalue weighted by Gasteiger charge is 2.01. The molecule has 2 heteroatoms. The van der Waals surface area contributed by atoms with E-state index in [4.69, 9.17) is 4.74 Å². The summed E-state index contributed by atoms with van der Waals surface area (Å²) in [6.07, 6.45) is 1.02. The van der Waals surface area contributed by atoms with Crippen molar-refractivity contribution in [2.45, 2.75) is 13.3 Å². The van der Waals surface area contributed by atoms with Crippen molar-refractivity contribution in [3.05, 3.63) is 66.7 Å². The fraction of sp³-hybridized carbons (Fsp3) is 0.158. The van der Waals surface area contributed by atoms with Gasteiger partial charge in [0.25, 0.3) is 0 Å². The van der Waals surface area contributed by atoms with Gasteiger partial charge in [-0.15, -0.1) is 0 Å². The van der Waals surface area contributed by atoms with E-state index in [-0.39, 0.29) is 0 Å². The van der Waals surface area contributed by atoms with Gasteiger partial charge in [-0.3, -0.25) is 0 Å². The molecule has 0 radical (unpaired) electrons. The van der Waals surface area contributed by atoms with Crippen LogP contribution in [0.2, 0.25) is 0 Å². The molecule has 0 fully saturated rings. The summed E-state index contributed by atoms with van der Waals surface area (Å²) >= 11 is 0. The van der Waals surface area contributed by atoms with E-state index < -0.39 is 0 Å². The Labute approximate surface area is 125 Å². The van der Waals surface area contributed by atoms with Gasteiger partial charge in [-0.2, -0.15) is 0 Å². The van der Waals surface area contributed by atoms with Gasteiger partial charge in [-0.25, -0.2) is 0 Å². The average molecular weight is 277 g/mol. The molecule has 1 N–H and O–H groups in total. The van der Waals surface area contributed by atoms with Crippen LogP contribution in [0.4, 0.5) is 11.4 Å². The molecule has 0 aliphatic carbocycles. The van der Waals surface area contributed by atoms with Gasteiger partial charge < -0.3 is 10.1 Å². The third kappa shape index (κ3) is 3.16. The zero-order valence-electron chi connectivity index (χ0n) is 12.2. The van der Waals surface area contributed by atoms with E-state index in [0.29, 0.717) is 0 Å². The van der Waals surface area contributed by atoms with Gasteiger partial charge in [0.05, 0.1) is 6.61 Å². The summed E-state index contributed by atoms with van der Waals surface area (Å²) < 4.78 is 5.60. The normalized spacial score (nSPS) is 10.5. The van der Waals surface area contributed by atoms with Crippen LogP contribution in [0.5, 0.6) is 5.75 Å². The van der Waals surface area contributed by atoms with Crippen molar-refractivity contribution in [3.8, 4) is 5.75 Å². The van der Waals surface area contributed by atoms with Crippen molar-refractivity contribution < 1.29 is 4.74 Å². The summed E-state index contributed by atoms with van der Waals surface area (Å²) in [6, 6.07) is 22.8. The predicted octanol–water partition coefficient (Wildman–Crippen LogP) is 5.37. The molecule has 0 unspecified atom stereocenters. The molecule has 3 aromatic rings. The van der Waals surface area contributed by atoms with Gasteiger partial charge in [0.2, 0.25) is 0 Å². The number of anilines is 2. The Morgan fingerprint density at radius 2 is 1.62 bits per heavy atom. The van der Waals surface area contributed by atoms with Gasteiger partial charge in [0.1, 0.15) is 5.75 Å². The van der Waals surface area contributed by atoms with Crippen molar-refractivity contribution in [2.24, 2.45) is 0 Å². The van der Waals surface area contributed by atoms with E-state index in [1.54, 1.807) is 0 Å². The molecule has 0 bridgehead atoms. The first-order valence-electron chi connectivity index (χ1n) is 7.34. The highest BCUT2D eigenvalue weighted by Crippen LogP contribution is 2.27. The van der Waals surface area contributed by atoms with E-state index >= 15 is 0 Å². The Morgan fingerprint density at radius 1 is 0.857 bits per heavy atom. The molecular formula is C19H19NO. The van der Waals surface area contributed by atoms with Crippen LogP contribution in [-0.2, 0) is 0 Å². The van der Waals surface area contributed by atoms with Crippen molar-refractivity contribution in [3.63, 3.8) is 0 Å². The second-order valence-corrected chi connectivity index (χ2v) is 5.02. The molecule has 3 rings (SSSR count). The lowest BCUT2D eigenvalue weighted by atomic mass is 10.1. The second kappa shape index (κ2) is 6.31. The van der Waals surface area contributed by atoms with Gasteiger partial charge >= 0.3 is 0 Å². The number of ether oxygens (including phenoxy) is 1. The van der Waals surface area contributed by atoms with Crippen molar-refractivity contribution in [1.29, 1.82) is 0 Å².